The van der Waals surface area contributed by atoms with Crippen LogP contribution < -0.4 is 10.6 Å². The second-order valence-electron chi connectivity index (χ2n) is 5.85. The van der Waals surface area contributed by atoms with Crippen molar-refractivity contribution in [1.82, 2.24) is 10.6 Å². The van der Waals surface area contributed by atoms with Crippen LogP contribution in [0.3, 0.4) is 0 Å². The van der Waals surface area contributed by atoms with Gasteiger partial charge in [-0.2, -0.15) is 0 Å². The van der Waals surface area contributed by atoms with Crippen molar-refractivity contribution in [3.05, 3.63) is 71.3 Å². The van der Waals surface area contributed by atoms with E-state index in [-0.39, 0.29) is 12.5 Å². The van der Waals surface area contributed by atoms with Gasteiger partial charge in [-0.15, -0.1) is 0 Å². The third kappa shape index (κ3) is 7.36. The number of hydrogen-bond donors (Lipinski definition) is 3. The lowest BCUT2D eigenvalue weighted by Gasteiger charge is -2.12. The number of carboxylic acid groups (broad SMARTS) is 1. The largest absolute Gasteiger partial charge is 0.481 e. The smallest absolute Gasteiger partial charge is 0.315 e. The number of rotatable bonds is 10. The number of nitrogens with one attached hydrogen (secondary N) is 2. The molecule has 0 bridgehead atoms. The van der Waals surface area contributed by atoms with Crippen LogP contribution in [0.25, 0.3) is 0 Å². The minimum absolute atomic E-state index is 0.0435. The number of hydrogen-bond acceptors (Lipinski definition) is 3. The van der Waals surface area contributed by atoms with E-state index in [0.29, 0.717) is 32.7 Å². The van der Waals surface area contributed by atoms with E-state index < -0.39 is 5.97 Å². The van der Waals surface area contributed by atoms with Crippen LogP contribution in [0.15, 0.2) is 54.6 Å². The maximum Gasteiger partial charge on any atom is 0.315 e. The molecule has 0 saturated heterocycles. The summed E-state index contributed by atoms with van der Waals surface area (Å²) in [6.07, 6.45) is 0.453. The third-order valence-corrected chi connectivity index (χ3v) is 3.78. The Morgan fingerprint density at radius 2 is 1.58 bits per heavy atom. The van der Waals surface area contributed by atoms with Crippen molar-refractivity contribution >= 4 is 12.0 Å². The molecule has 0 aliphatic rings. The predicted octanol–water partition coefficient (Wildman–Crippen LogP) is 3.07. The molecule has 3 N–H and O–H groups in total. The van der Waals surface area contributed by atoms with E-state index in [1.54, 1.807) is 0 Å². The highest BCUT2D eigenvalue weighted by Gasteiger charge is 2.05. The molecule has 6 nitrogen and oxygen atoms in total. The Morgan fingerprint density at radius 1 is 0.885 bits per heavy atom. The van der Waals surface area contributed by atoms with Gasteiger partial charge < -0.3 is 20.5 Å². The van der Waals surface area contributed by atoms with Crippen LogP contribution in [0.4, 0.5) is 4.79 Å². The first-order valence-electron chi connectivity index (χ1n) is 8.57. The minimum Gasteiger partial charge on any atom is -0.481 e. The molecule has 0 aliphatic heterocycles. The molecule has 6 heteroatoms. The summed E-state index contributed by atoms with van der Waals surface area (Å²) in [5, 5.41) is 14.0. The molecular formula is C20H24N2O4. The van der Waals surface area contributed by atoms with Gasteiger partial charge in [-0.1, -0.05) is 54.6 Å². The highest BCUT2D eigenvalue weighted by molar-refractivity contribution is 5.74. The maximum absolute atomic E-state index is 11.8. The fraction of sp³-hybridized carbons (Fsp3) is 0.300. The second kappa shape index (κ2) is 10.9. The average Bonchev–Trinajstić information content (AvgIpc) is 2.65. The Labute approximate surface area is 153 Å². The first kappa shape index (κ1) is 19.5. The summed E-state index contributed by atoms with van der Waals surface area (Å²) in [5.41, 5.74) is 3.12. The van der Waals surface area contributed by atoms with Gasteiger partial charge in [-0.25, -0.2) is 4.79 Å². The van der Waals surface area contributed by atoms with Crippen molar-refractivity contribution in [1.29, 1.82) is 0 Å². The maximum atomic E-state index is 11.8. The Morgan fingerprint density at radius 3 is 2.31 bits per heavy atom. The van der Waals surface area contributed by atoms with Gasteiger partial charge >= 0.3 is 12.0 Å². The number of urea groups is 1. The molecular weight excluding hydrogens is 332 g/mol. The number of aliphatic carboxylic acids is 1. The van der Waals surface area contributed by atoms with Gasteiger partial charge in [0.15, 0.2) is 0 Å². The zero-order chi connectivity index (χ0) is 18.6. The van der Waals surface area contributed by atoms with Crippen LogP contribution in [0.2, 0.25) is 0 Å². The fourth-order valence-corrected chi connectivity index (χ4v) is 2.40. The lowest BCUT2D eigenvalue weighted by Crippen LogP contribution is -2.35. The molecule has 138 valence electrons. The van der Waals surface area contributed by atoms with Crippen LogP contribution in [-0.2, 0) is 29.3 Å². The first-order valence-corrected chi connectivity index (χ1v) is 8.57. The van der Waals surface area contributed by atoms with Crippen molar-refractivity contribution < 1.29 is 19.4 Å². The van der Waals surface area contributed by atoms with Gasteiger partial charge in [-0.05, 0) is 23.1 Å². The summed E-state index contributed by atoms with van der Waals surface area (Å²) in [4.78, 5) is 22.2. The quantitative estimate of drug-likeness (QED) is 0.571. The Bertz CT molecular complexity index is 704. The Hall–Kier alpha value is -2.86. The molecule has 0 aliphatic carbocycles. The Balaban J connectivity index is 1.75. The monoisotopic (exact) mass is 356 g/mol. The molecule has 0 radical (unpaired) electrons. The number of carboxylic acids is 1. The van der Waals surface area contributed by atoms with Crippen LogP contribution in [0.1, 0.15) is 29.5 Å². The van der Waals surface area contributed by atoms with E-state index in [4.69, 9.17) is 9.84 Å². The highest BCUT2D eigenvalue weighted by Crippen LogP contribution is 2.11. The van der Waals surface area contributed by atoms with Crippen molar-refractivity contribution in [2.75, 3.05) is 6.54 Å². The highest BCUT2D eigenvalue weighted by atomic mass is 16.5. The van der Waals surface area contributed by atoms with Gasteiger partial charge in [0.1, 0.15) is 0 Å². The van der Waals surface area contributed by atoms with E-state index in [0.717, 1.165) is 16.7 Å². The lowest BCUT2D eigenvalue weighted by molar-refractivity contribution is -0.137. The average molecular weight is 356 g/mol. The molecule has 0 atom stereocenters. The lowest BCUT2D eigenvalue weighted by atomic mass is 10.1. The molecule has 0 spiro atoms. The number of benzene rings is 2. The van der Waals surface area contributed by atoms with Gasteiger partial charge in [0.25, 0.3) is 0 Å². The van der Waals surface area contributed by atoms with E-state index in [9.17, 15) is 9.59 Å². The number of carbonyl (C=O) groups is 2. The predicted molar refractivity (Wildman–Crippen MR) is 98.5 cm³/mol. The van der Waals surface area contributed by atoms with E-state index >= 15 is 0 Å². The SMILES string of the molecule is O=C(O)CCCNC(=O)NCc1ccccc1COCc1ccccc1. The van der Waals surface area contributed by atoms with Crippen LogP contribution >= 0.6 is 0 Å². The molecule has 0 fully saturated rings. The van der Waals surface area contributed by atoms with Gasteiger partial charge in [0, 0.05) is 19.5 Å². The van der Waals surface area contributed by atoms with E-state index in [1.807, 2.05) is 54.6 Å². The van der Waals surface area contributed by atoms with Crippen molar-refractivity contribution in [2.45, 2.75) is 32.6 Å². The van der Waals surface area contributed by atoms with Gasteiger partial charge in [-0.3, -0.25) is 4.79 Å². The molecule has 0 heterocycles. The van der Waals surface area contributed by atoms with Crippen molar-refractivity contribution in [2.24, 2.45) is 0 Å². The van der Waals surface area contributed by atoms with E-state index in [1.165, 1.54) is 0 Å². The van der Waals surface area contributed by atoms with Crippen molar-refractivity contribution in [3.63, 3.8) is 0 Å². The molecule has 0 unspecified atom stereocenters. The normalized spacial score (nSPS) is 10.3. The zero-order valence-electron chi connectivity index (χ0n) is 14.6. The van der Waals surface area contributed by atoms with Gasteiger partial charge in [0.2, 0.25) is 0 Å². The molecule has 2 amide bonds. The summed E-state index contributed by atoms with van der Waals surface area (Å²) in [5.74, 6) is -0.864. The summed E-state index contributed by atoms with van der Waals surface area (Å²) in [6.45, 7) is 1.72. The Kier molecular flexibility index (Phi) is 8.15. The van der Waals surface area contributed by atoms with Crippen LogP contribution in [0.5, 0.6) is 0 Å². The molecule has 2 rings (SSSR count). The number of amides is 2. The second-order valence-corrected chi connectivity index (χ2v) is 5.85. The molecule has 0 aromatic heterocycles. The third-order valence-electron chi connectivity index (χ3n) is 3.78. The summed E-state index contributed by atoms with van der Waals surface area (Å²) >= 11 is 0. The molecule has 26 heavy (non-hydrogen) atoms. The van der Waals surface area contributed by atoms with Crippen LogP contribution in [-0.4, -0.2) is 23.7 Å². The molecule has 2 aromatic rings. The summed E-state index contributed by atoms with van der Waals surface area (Å²) in [6, 6.07) is 17.4. The minimum atomic E-state index is -0.864. The first-order chi connectivity index (χ1) is 12.6. The summed E-state index contributed by atoms with van der Waals surface area (Å²) < 4.78 is 5.77. The standard InChI is InChI=1S/C20H24N2O4/c23-19(24)11-6-12-21-20(25)22-13-17-9-4-5-10-18(17)15-26-14-16-7-2-1-3-8-16/h1-5,7-10H,6,11-15H2,(H,23,24)(H2,21,22,25). The number of ether oxygens (including phenoxy) is 1. The van der Waals surface area contributed by atoms with E-state index in [2.05, 4.69) is 10.6 Å². The number of carbonyl (C=O) groups excluding carboxylic acids is 1. The summed E-state index contributed by atoms with van der Waals surface area (Å²) in [7, 11) is 0. The van der Waals surface area contributed by atoms with Crippen molar-refractivity contribution in [3.8, 4) is 0 Å². The molecule has 2 aromatic carbocycles. The van der Waals surface area contributed by atoms with Crippen LogP contribution in [0, 0.1) is 0 Å². The topological polar surface area (TPSA) is 87.7 Å². The zero-order valence-corrected chi connectivity index (χ0v) is 14.6. The molecule has 0 saturated carbocycles. The fourth-order valence-electron chi connectivity index (χ4n) is 2.40. The van der Waals surface area contributed by atoms with Gasteiger partial charge in [0.05, 0.1) is 13.2 Å².